The number of fused-ring (bicyclic) bond motifs is 1. The van der Waals surface area contributed by atoms with E-state index in [0.29, 0.717) is 17.3 Å². The highest BCUT2D eigenvalue weighted by atomic mass is 16.3. The predicted molar refractivity (Wildman–Crippen MR) is 97.3 cm³/mol. The van der Waals surface area contributed by atoms with Crippen molar-refractivity contribution in [2.75, 3.05) is 6.61 Å². The molecule has 0 unspecified atom stereocenters. The topological polar surface area (TPSA) is 40.5 Å². The van der Waals surface area contributed by atoms with Gasteiger partial charge in [0, 0.05) is 0 Å². The Balaban J connectivity index is 2.27. The number of hydrogen-bond donors (Lipinski definition) is 2. The summed E-state index contributed by atoms with van der Waals surface area (Å²) in [6.45, 7) is 11.6. The van der Waals surface area contributed by atoms with Crippen molar-refractivity contribution >= 4 is 0 Å². The standard InChI is InChI=1S/C21H38O2/c1-6-8-17(15-22)11-14-21(23)16(2)9-10-18-19(3,4)12-7-13-20(18,21)5/h8,16,18,22-23H,6-7,9-15H2,1-5H3/b17-8-/t16-,18+,20+,21-/m1/s1. The fourth-order valence-electron chi connectivity index (χ4n) is 5.99. The maximum Gasteiger partial charge on any atom is 0.0732 e. The third kappa shape index (κ3) is 3.26. The molecule has 0 saturated heterocycles. The average molecular weight is 323 g/mol. The highest BCUT2D eigenvalue weighted by Gasteiger charge is 2.60. The van der Waals surface area contributed by atoms with E-state index in [1.165, 1.54) is 19.3 Å². The average Bonchev–Trinajstić information content (AvgIpc) is 2.48. The molecule has 4 atom stereocenters. The van der Waals surface area contributed by atoms with Crippen LogP contribution in [0.4, 0.5) is 0 Å². The molecule has 0 aromatic rings. The van der Waals surface area contributed by atoms with E-state index in [-0.39, 0.29) is 12.0 Å². The van der Waals surface area contributed by atoms with E-state index in [9.17, 15) is 10.2 Å². The van der Waals surface area contributed by atoms with E-state index in [4.69, 9.17) is 0 Å². The number of aliphatic hydroxyl groups excluding tert-OH is 1. The molecular weight excluding hydrogens is 284 g/mol. The van der Waals surface area contributed by atoms with E-state index in [2.05, 4.69) is 40.7 Å². The van der Waals surface area contributed by atoms with Crippen LogP contribution in [0, 0.1) is 22.7 Å². The molecule has 23 heavy (non-hydrogen) atoms. The van der Waals surface area contributed by atoms with Crippen LogP contribution in [-0.4, -0.2) is 22.4 Å². The Morgan fingerprint density at radius 3 is 2.48 bits per heavy atom. The molecule has 0 aromatic carbocycles. The highest BCUT2D eigenvalue weighted by Crippen LogP contribution is 2.63. The van der Waals surface area contributed by atoms with Gasteiger partial charge in [0.25, 0.3) is 0 Å². The maximum absolute atomic E-state index is 11.8. The summed E-state index contributed by atoms with van der Waals surface area (Å²) >= 11 is 0. The second-order valence-electron chi connectivity index (χ2n) is 9.14. The molecule has 0 aliphatic heterocycles. The lowest BCUT2D eigenvalue weighted by Gasteiger charge is -2.63. The Morgan fingerprint density at radius 2 is 1.87 bits per heavy atom. The van der Waals surface area contributed by atoms with Crippen LogP contribution in [-0.2, 0) is 0 Å². The van der Waals surface area contributed by atoms with Gasteiger partial charge in [0.1, 0.15) is 0 Å². The predicted octanol–water partition coefficient (Wildman–Crippen LogP) is 5.09. The number of aliphatic hydroxyl groups is 2. The van der Waals surface area contributed by atoms with Crippen LogP contribution in [0.25, 0.3) is 0 Å². The van der Waals surface area contributed by atoms with Crippen molar-refractivity contribution in [1.29, 1.82) is 0 Å². The fraction of sp³-hybridized carbons (Fsp3) is 0.905. The lowest BCUT2D eigenvalue weighted by Crippen LogP contribution is -2.62. The molecular formula is C21H38O2. The zero-order chi connectivity index (χ0) is 17.3. The van der Waals surface area contributed by atoms with Crippen LogP contribution in [0.3, 0.4) is 0 Å². The molecule has 0 spiro atoms. The van der Waals surface area contributed by atoms with Crippen LogP contribution >= 0.6 is 0 Å². The van der Waals surface area contributed by atoms with Crippen LogP contribution in [0.15, 0.2) is 11.6 Å². The quantitative estimate of drug-likeness (QED) is 0.692. The Bertz CT molecular complexity index is 439. The van der Waals surface area contributed by atoms with Crippen molar-refractivity contribution in [2.24, 2.45) is 22.7 Å². The lowest BCUT2D eigenvalue weighted by atomic mass is 9.44. The molecule has 0 radical (unpaired) electrons. The lowest BCUT2D eigenvalue weighted by molar-refractivity contribution is -0.211. The molecule has 0 aromatic heterocycles. The van der Waals surface area contributed by atoms with Gasteiger partial charge in [0.15, 0.2) is 0 Å². The van der Waals surface area contributed by atoms with Gasteiger partial charge in [-0.05, 0) is 73.2 Å². The summed E-state index contributed by atoms with van der Waals surface area (Å²) in [5, 5.41) is 21.4. The van der Waals surface area contributed by atoms with E-state index in [0.717, 1.165) is 37.7 Å². The van der Waals surface area contributed by atoms with Crippen molar-refractivity contribution in [3.8, 4) is 0 Å². The zero-order valence-electron chi connectivity index (χ0n) is 16.0. The van der Waals surface area contributed by atoms with E-state index in [1.54, 1.807) is 0 Å². The molecule has 2 N–H and O–H groups in total. The molecule has 134 valence electrons. The summed E-state index contributed by atoms with van der Waals surface area (Å²) in [5.74, 6) is 0.955. The number of rotatable bonds is 5. The summed E-state index contributed by atoms with van der Waals surface area (Å²) in [5.41, 5.74) is 0.837. The van der Waals surface area contributed by atoms with Gasteiger partial charge in [0.2, 0.25) is 0 Å². The zero-order valence-corrected chi connectivity index (χ0v) is 16.0. The van der Waals surface area contributed by atoms with Crippen molar-refractivity contribution < 1.29 is 10.2 Å². The molecule has 0 amide bonds. The van der Waals surface area contributed by atoms with Gasteiger partial charge >= 0.3 is 0 Å². The number of allylic oxidation sites excluding steroid dienone is 1. The second-order valence-corrected chi connectivity index (χ2v) is 9.14. The van der Waals surface area contributed by atoms with Crippen LogP contribution in [0.2, 0.25) is 0 Å². The first-order chi connectivity index (χ1) is 10.7. The van der Waals surface area contributed by atoms with Gasteiger partial charge < -0.3 is 10.2 Å². The first-order valence-electron chi connectivity index (χ1n) is 9.72. The van der Waals surface area contributed by atoms with Crippen molar-refractivity contribution in [1.82, 2.24) is 0 Å². The SMILES string of the molecule is CC/C=C(\CO)CC[C@@]1(O)[C@H](C)CC[C@H]2C(C)(C)CCC[C@@]21C. The van der Waals surface area contributed by atoms with Gasteiger partial charge in [-0.2, -0.15) is 0 Å². The second kappa shape index (κ2) is 6.88. The van der Waals surface area contributed by atoms with Gasteiger partial charge in [-0.1, -0.05) is 47.1 Å². The summed E-state index contributed by atoms with van der Waals surface area (Å²) in [4.78, 5) is 0. The van der Waals surface area contributed by atoms with E-state index < -0.39 is 5.60 Å². The normalized spacial score (nSPS) is 40.7. The summed E-state index contributed by atoms with van der Waals surface area (Å²) in [7, 11) is 0. The largest absolute Gasteiger partial charge is 0.392 e. The Labute approximate surface area is 143 Å². The van der Waals surface area contributed by atoms with Crippen LogP contribution < -0.4 is 0 Å². The van der Waals surface area contributed by atoms with E-state index >= 15 is 0 Å². The smallest absolute Gasteiger partial charge is 0.0732 e. The van der Waals surface area contributed by atoms with E-state index in [1.807, 2.05) is 0 Å². The molecule has 0 heterocycles. The van der Waals surface area contributed by atoms with Gasteiger partial charge in [-0.15, -0.1) is 0 Å². The molecule has 2 aliphatic rings. The molecule has 2 fully saturated rings. The van der Waals surface area contributed by atoms with Gasteiger partial charge in [-0.3, -0.25) is 0 Å². The minimum atomic E-state index is -0.602. The van der Waals surface area contributed by atoms with Gasteiger partial charge in [0.05, 0.1) is 12.2 Å². The number of hydrogen-bond acceptors (Lipinski definition) is 2. The third-order valence-electron chi connectivity index (χ3n) is 7.45. The van der Waals surface area contributed by atoms with Crippen molar-refractivity contribution in [2.45, 2.75) is 91.6 Å². The Kier molecular flexibility index (Phi) is 5.68. The summed E-state index contributed by atoms with van der Waals surface area (Å²) in [6.07, 6.45) is 10.8. The molecule has 2 heteroatoms. The molecule has 2 nitrogen and oxygen atoms in total. The summed E-state index contributed by atoms with van der Waals surface area (Å²) < 4.78 is 0. The minimum absolute atomic E-state index is 0.0131. The minimum Gasteiger partial charge on any atom is -0.392 e. The van der Waals surface area contributed by atoms with Gasteiger partial charge in [-0.25, -0.2) is 0 Å². The van der Waals surface area contributed by atoms with Crippen LogP contribution in [0.1, 0.15) is 86.0 Å². The maximum atomic E-state index is 11.8. The molecule has 0 bridgehead atoms. The Hall–Kier alpha value is -0.340. The highest BCUT2D eigenvalue weighted by molar-refractivity contribution is 5.13. The van der Waals surface area contributed by atoms with Crippen molar-refractivity contribution in [3.05, 3.63) is 11.6 Å². The first kappa shape index (κ1) is 19.0. The summed E-state index contributed by atoms with van der Waals surface area (Å²) in [6, 6.07) is 0. The van der Waals surface area contributed by atoms with Crippen LogP contribution in [0.5, 0.6) is 0 Å². The Morgan fingerprint density at radius 1 is 1.17 bits per heavy atom. The fourth-order valence-corrected chi connectivity index (χ4v) is 5.99. The molecule has 2 rings (SSSR count). The molecule has 2 saturated carbocycles. The van der Waals surface area contributed by atoms with Crippen molar-refractivity contribution in [3.63, 3.8) is 0 Å². The third-order valence-corrected chi connectivity index (χ3v) is 7.45. The molecule has 2 aliphatic carbocycles. The monoisotopic (exact) mass is 322 g/mol. The first-order valence-corrected chi connectivity index (χ1v) is 9.72.